The molecule has 102 valence electrons. The standard InChI is InChI=1S/C12H15Br2NO2.ClH/c1-17-8-5-7(9(13)10(14)12(8)16)11(15)6-3-2-4-6;/h5-6,11,16H,2-4,15H2,1H3;1H/t11-;/m1./s1. The van der Waals surface area contributed by atoms with Crippen LogP contribution in [0.2, 0.25) is 0 Å². The Balaban J connectivity index is 0.00000162. The minimum absolute atomic E-state index is 0. The summed E-state index contributed by atoms with van der Waals surface area (Å²) >= 11 is 6.82. The summed E-state index contributed by atoms with van der Waals surface area (Å²) < 4.78 is 6.56. The van der Waals surface area contributed by atoms with Crippen LogP contribution in [0.15, 0.2) is 15.0 Å². The third-order valence-electron chi connectivity index (χ3n) is 3.41. The van der Waals surface area contributed by atoms with Gasteiger partial charge in [-0.2, -0.15) is 0 Å². The average molecular weight is 402 g/mol. The van der Waals surface area contributed by atoms with Crippen molar-refractivity contribution in [3.63, 3.8) is 0 Å². The van der Waals surface area contributed by atoms with E-state index in [1.807, 2.05) is 6.07 Å². The molecule has 1 aliphatic carbocycles. The van der Waals surface area contributed by atoms with Crippen molar-refractivity contribution in [2.75, 3.05) is 7.11 Å². The average Bonchev–Trinajstić information content (AvgIpc) is 2.24. The van der Waals surface area contributed by atoms with Crippen molar-refractivity contribution in [2.24, 2.45) is 11.7 Å². The van der Waals surface area contributed by atoms with E-state index in [0.717, 1.165) is 10.0 Å². The quantitative estimate of drug-likeness (QED) is 0.800. The monoisotopic (exact) mass is 399 g/mol. The van der Waals surface area contributed by atoms with Gasteiger partial charge in [-0.15, -0.1) is 12.4 Å². The summed E-state index contributed by atoms with van der Waals surface area (Å²) in [5.41, 5.74) is 7.24. The van der Waals surface area contributed by atoms with Gasteiger partial charge in [-0.25, -0.2) is 0 Å². The number of rotatable bonds is 3. The fourth-order valence-corrected chi connectivity index (χ4v) is 3.05. The topological polar surface area (TPSA) is 55.5 Å². The summed E-state index contributed by atoms with van der Waals surface area (Å²) in [6, 6.07) is 1.80. The van der Waals surface area contributed by atoms with Gasteiger partial charge >= 0.3 is 0 Å². The summed E-state index contributed by atoms with van der Waals surface area (Å²) in [6.07, 6.45) is 3.61. The molecule has 2 rings (SSSR count). The first-order chi connectivity index (χ1) is 8.06. The number of hydrogen-bond donors (Lipinski definition) is 2. The number of halogens is 3. The third-order valence-corrected chi connectivity index (χ3v) is 5.57. The van der Waals surface area contributed by atoms with E-state index in [1.54, 1.807) is 0 Å². The van der Waals surface area contributed by atoms with Crippen LogP contribution in [0, 0.1) is 5.92 Å². The number of ether oxygens (including phenoxy) is 1. The lowest BCUT2D eigenvalue weighted by Crippen LogP contribution is -2.27. The normalized spacial score (nSPS) is 16.7. The Morgan fingerprint density at radius 2 is 2.00 bits per heavy atom. The van der Waals surface area contributed by atoms with Crippen LogP contribution in [0.1, 0.15) is 30.9 Å². The second-order valence-electron chi connectivity index (χ2n) is 4.36. The SMILES string of the molecule is COc1cc([C@H](N)C2CCC2)c(Br)c(Br)c1O.Cl. The van der Waals surface area contributed by atoms with Crippen molar-refractivity contribution in [2.45, 2.75) is 25.3 Å². The molecule has 1 aromatic carbocycles. The van der Waals surface area contributed by atoms with Gasteiger partial charge in [0.05, 0.1) is 11.6 Å². The second kappa shape index (κ2) is 6.46. The van der Waals surface area contributed by atoms with Gasteiger partial charge < -0.3 is 15.6 Å². The van der Waals surface area contributed by atoms with Crippen molar-refractivity contribution in [1.82, 2.24) is 0 Å². The summed E-state index contributed by atoms with van der Waals surface area (Å²) in [6.45, 7) is 0. The van der Waals surface area contributed by atoms with E-state index in [-0.39, 0.29) is 24.2 Å². The molecule has 1 aromatic rings. The fourth-order valence-electron chi connectivity index (χ4n) is 2.06. The maximum absolute atomic E-state index is 9.85. The molecular formula is C12H16Br2ClNO2. The highest BCUT2D eigenvalue weighted by Crippen LogP contribution is 2.46. The van der Waals surface area contributed by atoms with Crippen LogP contribution < -0.4 is 10.5 Å². The van der Waals surface area contributed by atoms with E-state index >= 15 is 0 Å². The zero-order chi connectivity index (χ0) is 12.6. The highest BCUT2D eigenvalue weighted by atomic mass is 79.9. The van der Waals surface area contributed by atoms with Crippen LogP contribution in [-0.4, -0.2) is 12.2 Å². The van der Waals surface area contributed by atoms with E-state index in [1.165, 1.54) is 26.4 Å². The van der Waals surface area contributed by atoms with Gasteiger partial charge in [-0.05, 0) is 62.2 Å². The summed E-state index contributed by atoms with van der Waals surface area (Å²) in [7, 11) is 1.54. The minimum atomic E-state index is -0.0103. The molecule has 0 spiro atoms. The maximum atomic E-state index is 9.85. The van der Waals surface area contributed by atoms with Crippen LogP contribution >= 0.6 is 44.3 Å². The van der Waals surface area contributed by atoms with E-state index < -0.39 is 0 Å². The van der Waals surface area contributed by atoms with Gasteiger partial charge in [0, 0.05) is 10.5 Å². The van der Waals surface area contributed by atoms with Crippen LogP contribution in [0.25, 0.3) is 0 Å². The van der Waals surface area contributed by atoms with Gasteiger partial charge in [0.2, 0.25) is 0 Å². The predicted molar refractivity (Wildman–Crippen MR) is 81.6 cm³/mol. The number of benzene rings is 1. The molecule has 0 heterocycles. The highest BCUT2D eigenvalue weighted by molar-refractivity contribution is 9.13. The van der Waals surface area contributed by atoms with Crippen LogP contribution in [0.4, 0.5) is 0 Å². The fraction of sp³-hybridized carbons (Fsp3) is 0.500. The molecule has 0 radical (unpaired) electrons. The van der Waals surface area contributed by atoms with Gasteiger partial charge in [0.25, 0.3) is 0 Å². The molecule has 0 amide bonds. The molecule has 1 aliphatic rings. The van der Waals surface area contributed by atoms with Gasteiger partial charge in [-0.1, -0.05) is 6.42 Å². The Morgan fingerprint density at radius 1 is 1.39 bits per heavy atom. The van der Waals surface area contributed by atoms with E-state index in [0.29, 0.717) is 16.1 Å². The molecule has 0 aromatic heterocycles. The second-order valence-corrected chi connectivity index (χ2v) is 5.95. The zero-order valence-corrected chi connectivity index (χ0v) is 13.9. The first kappa shape index (κ1) is 16.1. The largest absolute Gasteiger partial charge is 0.503 e. The molecule has 0 bridgehead atoms. The summed E-state index contributed by atoms with van der Waals surface area (Å²) in [5, 5.41) is 9.85. The first-order valence-electron chi connectivity index (χ1n) is 5.56. The number of methoxy groups -OCH3 is 1. The number of nitrogens with two attached hydrogens (primary N) is 1. The lowest BCUT2D eigenvalue weighted by Gasteiger charge is -2.32. The number of aromatic hydroxyl groups is 1. The third kappa shape index (κ3) is 2.79. The minimum Gasteiger partial charge on any atom is -0.503 e. The molecule has 1 fully saturated rings. The van der Waals surface area contributed by atoms with Crippen molar-refractivity contribution >= 4 is 44.3 Å². The van der Waals surface area contributed by atoms with Crippen molar-refractivity contribution < 1.29 is 9.84 Å². The maximum Gasteiger partial charge on any atom is 0.173 e. The number of hydrogen-bond acceptors (Lipinski definition) is 3. The summed E-state index contributed by atoms with van der Waals surface area (Å²) in [4.78, 5) is 0. The lowest BCUT2D eigenvalue weighted by atomic mass is 9.77. The zero-order valence-electron chi connectivity index (χ0n) is 9.95. The number of phenols is 1. The Kier molecular flexibility index (Phi) is 5.77. The van der Waals surface area contributed by atoms with Gasteiger partial charge in [0.1, 0.15) is 0 Å². The molecule has 3 nitrogen and oxygen atoms in total. The molecular weight excluding hydrogens is 385 g/mol. The predicted octanol–water partition coefficient (Wildman–Crippen LogP) is 4.15. The van der Waals surface area contributed by atoms with E-state index in [9.17, 15) is 5.11 Å². The molecule has 18 heavy (non-hydrogen) atoms. The lowest BCUT2D eigenvalue weighted by molar-refractivity contribution is 0.263. The number of phenolic OH excluding ortho intramolecular Hbond substituents is 1. The van der Waals surface area contributed by atoms with E-state index in [2.05, 4.69) is 31.9 Å². The van der Waals surface area contributed by atoms with Gasteiger partial charge in [-0.3, -0.25) is 0 Å². The molecule has 1 saturated carbocycles. The highest BCUT2D eigenvalue weighted by Gasteiger charge is 2.28. The smallest absolute Gasteiger partial charge is 0.173 e. The molecule has 0 aliphatic heterocycles. The van der Waals surface area contributed by atoms with Crippen LogP contribution in [0.5, 0.6) is 11.5 Å². The molecule has 1 atom stereocenters. The Bertz CT molecular complexity index is 439. The van der Waals surface area contributed by atoms with E-state index in [4.69, 9.17) is 10.5 Å². The van der Waals surface area contributed by atoms with Crippen molar-refractivity contribution in [3.8, 4) is 11.5 Å². The first-order valence-corrected chi connectivity index (χ1v) is 7.15. The van der Waals surface area contributed by atoms with Gasteiger partial charge in [0.15, 0.2) is 11.5 Å². The summed E-state index contributed by atoms with van der Waals surface area (Å²) in [5.74, 6) is 1.08. The van der Waals surface area contributed by atoms with Crippen LogP contribution in [-0.2, 0) is 0 Å². The van der Waals surface area contributed by atoms with Crippen molar-refractivity contribution in [1.29, 1.82) is 0 Å². The Morgan fingerprint density at radius 3 is 2.44 bits per heavy atom. The molecule has 6 heteroatoms. The van der Waals surface area contributed by atoms with Crippen molar-refractivity contribution in [3.05, 3.63) is 20.6 Å². The molecule has 3 N–H and O–H groups in total. The molecule has 0 unspecified atom stereocenters. The Labute approximate surface area is 130 Å². The van der Waals surface area contributed by atoms with Crippen LogP contribution in [0.3, 0.4) is 0 Å². The Hall–Kier alpha value is 0.0300. The molecule has 0 saturated heterocycles.